The number of hydrogen-bond acceptors (Lipinski definition) is 7. The number of hydrogen-bond donors (Lipinski definition) is 2. The van der Waals surface area contributed by atoms with Crippen LogP contribution in [-0.4, -0.2) is 69.7 Å². The minimum atomic E-state index is -5.08. The Morgan fingerprint density at radius 1 is 1.14 bits per heavy atom. The fourth-order valence-corrected chi connectivity index (χ4v) is 4.19. The molecule has 1 fully saturated rings. The summed E-state index contributed by atoms with van der Waals surface area (Å²) in [6, 6.07) is 3.45. The molecule has 14 heteroatoms. The summed E-state index contributed by atoms with van der Waals surface area (Å²) < 4.78 is 59.4. The van der Waals surface area contributed by atoms with Gasteiger partial charge in [-0.05, 0) is 39.0 Å². The average Bonchev–Trinajstić information content (AvgIpc) is 3.08. The van der Waals surface area contributed by atoms with Crippen LogP contribution in [0.5, 0.6) is 0 Å². The molecule has 0 unspecified atom stereocenters. The molecule has 0 radical (unpaired) electrons. The van der Waals surface area contributed by atoms with Crippen LogP contribution in [0.1, 0.15) is 38.1 Å². The maximum atomic E-state index is 13.8. The Bertz CT molecular complexity index is 1130. The Morgan fingerprint density at radius 3 is 2.28 bits per heavy atom. The number of pyridine rings is 1. The lowest BCUT2D eigenvalue weighted by atomic mass is 9.75. The van der Waals surface area contributed by atoms with Crippen LogP contribution in [0, 0.1) is 0 Å². The predicted molar refractivity (Wildman–Crippen MR) is 119 cm³/mol. The highest BCUT2D eigenvalue weighted by atomic mass is 19.4. The number of aliphatic carboxylic acids is 1. The summed E-state index contributed by atoms with van der Waals surface area (Å²) in [4.78, 5) is 36.9. The van der Waals surface area contributed by atoms with Gasteiger partial charge in [-0.3, -0.25) is 4.79 Å². The van der Waals surface area contributed by atoms with Crippen molar-refractivity contribution in [3.63, 3.8) is 0 Å². The number of carbonyl (C=O) groups is 2. The van der Waals surface area contributed by atoms with E-state index in [9.17, 15) is 26.7 Å². The summed E-state index contributed by atoms with van der Waals surface area (Å²) in [6.45, 7) is 4.74. The summed E-state index contributed by atoms with van der Waals surface area (Å²) >= 11 is 0. The number of carboxylic acid groups (broad SMARTS) is 1. The minimum absolute atomic E-state index is 0.122. The topological polar surface area (TPSA) is 112 Å². The molecule has 2 aromatic rings. The summed E-state index contributed by atoms with van der Waals surface area (Å²) in [5.41, 5.74) is 1.80. The number of fused-ring (bicyclic) bond motifs is 2. The van der Waals surface area contributed by atoms with Crippen LogP contribution >= 0.6 is 0 Å². The van der Waals surface area contributed by atoms with E-state index in [0.29, 0.717) is 18.2 Å². The highest BCUT2D eigenvalue weighted by Crippen LogP contribution is 2.49. The van der Waals surface area contributed by atoms with Crippen molar-refractivity contribution >= 4 is 29.2 Å². The normalized spacial score (nSPS) is 17.3. The van der Waals surface area contributed by atoms with Crippen LogP contribution in [0.25, 0.3) is 0 Å². The molecule has 196 valence electrons. The predicted octanol–water partition coefficient (Wildman–Crippen LogP) is 3.69. The lowest BCUT2D eigenvalue weighted by molar-refractivity contribution is -0.192. The molecule has 2 aliphatic rings. The van der Waals surface area contributed by atoms with Crippen LogP contribution in [0.2, 0.25) is 0 Å². The van der Waals surface area contributed by atoms with E-state index >= 15 is 0 Å². The quantitative estimate of drug-likeness (QED) is 0.595. The van der Waals surface area contributed by atoms with Crippen LogP contribution in [0.15, 0.2) is 24.5 Å². The zero-order valence-electron chi connectivity index (χ0n) is 19.7. The van der Waals surface area contributed by atoms with Crippen LogP contribution in [0.4, 0.5) is 39.3 Å². The van der Waals surface area contributed by atoms with Crippen molar-refractivity contribution in [2.75, 3.05) is 36.9 Å². The standard InChI is InChI=1S/C20H24F2N6O.C2HF3O2/c1-13(29)25-16-10-15-14(11-24-16)20(5-8-27(3)9-6-20)12-28(15)17-4-7-23-18(26-17)19(2,21)22;3-2(4,5)1(6)7/h4,7,10-11H,5-6,8-9,12H2,1-3H3,(H,24,25,29);(H,6,7). The number of carboxylic acids is 1. The van der Waals surface area contributed by atoms with Gasteiger partial charge in [0.1, 0.15) is 11.6 Å². The van der Waals surface area contributed by atoms with Crippen molar-refractivity contribution in [2.45, 2.75) is 44.2 Å². The third kappa shape index (κ3) is 6.04. The third-order valence-corrected chi connectivity index (χ3v) is 6.01. The van der Waals surface area contributed by atoms with Crippen molar-refractivity contribution < 1.29 is 36.6 Å². The fraction of sp³-hybridized carbons (Fsp3) is 0.500. The Balaban J connectivity index is 0.000000454. The van der Waals surface area contributed by atoms with Gasteiger partial charge >= 0.3 is 18.1 Å². The van der Waals surface area contributed by atoms with E-state index < -0.39 is 23.9 Å². The van der Waals surface area contributed by atoms with Gasteiger partial charge in [-0.1, -0.05) is 0 Å². The Morgan fingerprint density at radius 2 is 1.75 bits per heavy atom. The molecule has 36 heavy (non-hydrogen) atoms. The van der Waals surface area contributed by atoms with Gasteiger partial charge in [-0.2, -0.15) is 22.0 Å². The Hall–Kier alpha value is -3.42. The molecule has 0 atom stereocenters. The number of aromatic nitrogens is 3. The second kappa shape index (κ2) is 9.91. The summed E-state index contributed by atoms with van der Waals surface area (Å²) in [7, 11) is 2.10. The zero-order valence-corrected chi connectivity index (χ0v) is 19.7. The van der Waals surface area contributed by atoms with Crippen molar-refractivity contribution in [2.24, 2.45) is 0 Å². The second-order valence-corrected chi connectivity index (χ2v) is 8.87. The van der Waals surface area contributed by atoms with E-state index in [1.165, 1.54) is 13.1 Å². The molecule has 1 amide bonds. The zero-order chi connectivity index (χ0) is 26.9. The van der Waals surface area contributed by atoms with Crippen molar-refractivity contribution in [3.8, 4) is 0 Å². The first-order valence-electron chi connectivity index (χ1n) is 10.9. The van der Waals surface area contributed by atoms with E-state index in [0.717, 1.165) is 44.1 Å². The summed E-state index contributed by atoms with van der Waals surface area (Å²) in [5, 5.41) is 9.83. The van der Waals surface area contributed by atoms with Gasteiger partial charge in [0, 0.05) is 49.8 Å². The number of carbonyl (C=O) groups excluding carboxylic acids is 1. The maximum Gasteiger partial charge on any atom is 0.490 e. The Labute approximate surface area is 203 Å². The van der Waals surface area contributed by atoms with E-state index in [2.05, 4.69) is 32.2 Å². The van der Waals surface area contributed by atoms with E-state index in [1.54, 1.807) is 12.1 Å². The smallest absolute Gasteiger partial charge is 0.475 e. The van der Waals surface area contributed by atoms with Gasteiger partial charge in [-0.15, -0.1) is 0 Å². The number of piperidine rings is 1. The van der Waals surface area contributed by atoms with E-state index in [4.69, 9.17) is 9.90 Å². The number of amides is 1. The van der Waals surface area contributed by atoms with Gasteiger partial charge < -0.3 is 20.2 Å². The number of rotatable bonds is 3. The lowest BCUT2D eigenvalue weighted by Gasteiger charge is -2.38. The molecule has 9 nitrogen and oxygen atoms in total. The number of nitrogens with zero attached hydrogens (tertiary/aromatic N) is 5. The number of anilines is 3. The Kier molecular flexibility index (Phi) is 7.48. The van der Waals surface area contributed by atoms with Gasteiger partial charge in [0.25, 0.3) is 0 Å². The van der Waals surface area contributed by atoms with E-state index in [1.807, 2.05) is 11.1 Å². The highest BCUT2D eigenvalue weighted by molar-refractivity contribution is 5.88. The molecule has 1 spiro atoms. The molecular weight excluding hydrogens is 491 g/mol. The SMILES string of the molecule is CC(=O)Nc1cc2c(cn1)C1(CCN(C)CC1)CN2c1ccnc(C(C)(F)F)n1.O=C(O)C(F)(F)F. The van der Waals surface area contributed by atoms with Gasteiger partial charge in [0.2, 0.25) is 11.7 Å². The van der Waals surface area contributed by atoms with Crippen LogP contribution < -0.4 is 10.2 Å². The van der Waals surface area contributed by atoms with Crippen molar-refractivity contribution in [1.29, 1.82) is 0 Å². The fourth-order valence-electron chi connectivity index (χ4n) is 4.19. The number of likely N-dealkylation sites (tertiary alicyclic amines) is 1. The largest absolute Gasteiger partial charge is 0.490 e. The molecule has 4 rings (SSSR count). The first kappa shape index (κ1) is 27.2. The highest BCUT2D eigenvalue weighted by Gasteiger charge is 2.46. The third-order valence-electron chi connectivity index (χ3n) is 6.01. The van der Waals surface area contributed by atoms with E-state index in [-0.39, 0.29) is 11.3 Å². The molecule has 0 aromatic carbocycles. The molecule has 0 aliphatic carbocycles. The van der Waals surface area contributed by atoms with Gasteiger partial charge in [0.05, 0.1) is 5.69 Å². The van der Waals surface area contributed by atoms with Gasteiger partial charge in [-0.25, -0.2) is 19.7 Å². The van der Waals surface area contributed by atoms with Crippen molar-refractivity contribution in [1.82, 2.24) is 19.9 Å². The van der Waals surface area contributed by atoms with Crippen LogP contribution in [-0.2, 0) is 20.9 Å². The lowest BCUT2D eigenvalue weighted by Crippen LogP contribution is -2.43. The molecule has 2 aliphatic heterocycles. The average molecular weight is 516 g/mol. The molecule has 1 saturated heterocycles. The first-order valence-corrected chi connectivity index (χ1v) is 10.9. The van der Waals surface area contributed by atoms with Gasteiger partial charge in [0.15, 0.2) is 0 Å². The molecular formula is C22H25F5N6O3. The molecule has 0 saturated carbocycles. The number of alkyl halides is 5. The summed E-state index contributed by atoms with van der Waals surface area (Å²) in [5.74, 6) is -5.74. The molecule has 2 aromatic heterocycles. The van der Waals surface area contributed by atoms with Crippen molar-refractivity contribution in [3.05, 3.63) is 35.9 Å². The monoisotopic (exact) mass is 516 g/mol. The number of nitrogens with one attached hydrogen (secondary N) is 1. The number of halogens is 5. The molecule has 0 bridgehead atoms. The minimum Gasteiger partial charge on any atom is -0.475 e. The second-order valence-electron chi connectivity index (χ2n) is 8.87. The van der Waals surface area contributed by atoms with Crippen LogP contribution in [0.3, 0.4) is 0 Å². The molecule has 2 N–H and O–H groups in total. The molecule has 4 heterocycles. The maximum absolute atomic E-state index is 13.8. The first-order chi connectivity index (χ1) is 16.6. The summed E-state index contributed by atoms with van der Waals surface area (Å²) in [6.07, 6.45) is -0.0289.